The average Bonchev–Trinajstić information content (AvgIpc) is 2.31. The Labute approximate surface area is 124 Å². The van der Waals surface area contributed by atoms with Crippen LogP contribution in [0, 0.1) is 0 Å². The minimum absolute atomic E-state index is 0. The first kappa shape index (κ1) is 17.7. The number of nitrogens with two attached hydrogens (primary N) is 1. The number of hydrogen-bond acceptors (Lipinski definition) is 5. The molecule has 0 amide bonds. The van der Waals surface area contributed by atoms with E-state index in [2.05, 4.69) is 20.7 Å². The molecule has 1 aromatic carbocycles. The van der Waals surface area contributed by atoms with Crippen LogP contribution in [0.25, 0.3) is 0 Å². The number of carboxylic acid groups (broad SMARTS) is 1. The average molecular weight is 355 g/mol. The molecule has 1 rings (SSSR count). The highest BCUT2D eigenvalue weighted by molar-refractivity contribution is 9.10. The Morgan fingerprint density at radius 1 is 1.47 bits per heavy atom. The summed E-state index contributed by atoms with van der Waals surface area (Å²) in [6, 6.07) is 1.65. The monoisotopic (exact) mass is 353 g/mol. The lowest BCUT2D eigenvalue weighted by molar-refractivity contribution is -0.141. The first-order valence-corrected chi connectivity index (χ1v) is 5.74. The second-order valence-electron chi connectivity index (χ2n) is 3.59. The van der Waals surface area contributed by atoms with Crippen molar-refractivity contribution in [2.45, 2.75) is 12.5 Å². The quantitative estimate of drug-likeness (QED) is 0.712. The molecule has 0 aliphatic carbocycles. The van der Waals surface area contributed by atoms with Crippen LogP contribution in [0.3, 0.4) is 0 Å². The fourth-order valence-corrected chi connectivity index (χ4v) is 1.87. The van der Waals surface area contributed by atoms with Gasteiger partial charge in [0, 0.05) is 11.6 Å². The molecular formula is C11H13BrClNO5. The van der Waals surface area contributed by atoms with Crippen molar-refractivity contribution >= 4 is 40.3 Å². The number of esters is 1. The minimum Gasteiger partial charge on any atom is -0.506 e. The van der Waals surface area contributed by atoms with Gasteiger partial charge in [-0.2, -0.15) is 0 Å². The Kier molecular flexibility index (Phi) is 6.82. The zero-order valence-corrected chi connectivity index (χ0v) is 12.3. The van der Waals surface area contributed by atoms with Gasteiger partial charge in [0.15, 0.2) is 0 Å². The standard InChI is InChI=1S/C11H12BrNO5.ClH/c1-18-9(14)4-8(13)6-2-5(11(16)17)3-7(12)10(6)15;/h2-3,8,15H,4,13H2,1H3,(H,16,17);1H/t8-;/m0./s1. The summed E-state index contributed by atoms with van der Waals surface area (Å²) in [6.45, 7) is 0. The van der Waals surface area contributed by atoms with Gasteiger partial charge >= 0.3 is 11.9 Å². The van der Waals surface area contributed by atoms with Crippen LogP contribution in [0.2, 0.25) is 0 Å². The van der Waals surface area contributed by atoms with Crippen molar-refractivity contribution in [1.82, 2.24) is 0 Å². The van der Waals surface area contributed by atoms with E-state index in [1.54, 1.807) is 0 Å². The fraction of sp³-hybridized carbons (Fsp3) is 0.273. The largest absolute Gasteiger partial charge is 0.506 e. The number of aromatic hydroxyl groups is 1. The molecule has 106 valence electrons. The van der Waals surface area contributed by atoms with Gasteiger partial charge < -0.3 is 20.7 Å². The second-order valence-corrected chi connectivity index (χ2v) is 4.44. The summed E-state index contributed by atoms with van der Waals surface area (Å²) in [5.41, 5.74) is 5.88. The van der Waals surface area contributed by atoms with Crippen molar-refractivity contribution in [3.05, 3.63) is 27.7 Å². The lowest BCUT2D eigenvalue weighted by Crippen LogP contribution is -2.17. The SMILES string of the molecule is COC(=O)C[C@H](N)c1cc(C(=O)O)cc(Br)c1O.Cl. The molecule has 0 aliphatic heterocycles. The zero-order chi connectivity index (χ0) is 13.9. The Hall–Kier alpha value is -1.31. The van der Waals surface area contributed by atoms with E-state index in [4.69, 9.17) is 10.8 Å². The highest BCUT2D eigenvalue weighted by Gasteiger charge is 2.19. The van der Waals surface area contributed by atoms with E-state index in [-0.39, 0.29) is 40.2 Å². The molecule has 0 radical (unpaired) electrons. The van der Waals surface area contributed by atoms with Crippen LogP contribution in [0.4, 0.5) is 0 Å². The molecule has 0 spiro atoms. The lowest BCUT2D eigenvalue weighted by atomic mass is 10.0. The molecule has 4 N–H and O–H groups in total. The molecule has 0 saturated carbocycles. The van der Waals surface area contributed by atoms with Crippen LogP contribution in [-0.2, 0) is 9.53 Å². The van der Waals surface area contributed by atoms with Gasteiger partial charge in [-0.05, 0) is 28.1 Å². The molecule has 0 heterocycles. The predicted octanol–water partition coefficient (Wildman–Crippen LogP) is 1.84. The van der Waals surface area contributed by atoms with Crippen molar-refractivity contribution in [1.29, 1.82) is 0 Å². The number of carbonyl (C=O) groups is 2. The van der Waals surface area contributed by atoms with Gasteiger partial charge in [-0.15, -0.1) is 12.4 Å². The number of ether oxygens (including phenoxy) is 1. The van der Waals surface area contributed by atoms with Gasteiger partial charge in [0.1, 0.15) is 5.75 Å². The number of methoxy groups -OCH3 is 1. The van der Waals surface area contributed by atoms with Crippen molar-refractivity contribution in [2.24, 2.45) is 5.73 Å². The smallest absolute Gasteiger partial charge is 0.335 e. The summed E-state index contributed by atoms with van der Waals surface area (Å²) in [4.78, 5) is 22.0. The van der Waals surface area contributed by atoms with Gasteiger partial charge in [-0.3, -0.25) is 4.79 Å². The van der Waals surface area contributed by atoms with E-state index in [0.717, 1.165) is 0 Å². The number of carbonyl (C=O) groups excluding carboxylic acids is 1. The normalized spacial score (nSPS) is 11.3. The van der Waals surface area contributed by atoms with Crippen molar-refractivity contribution < 1.29 is 24.5 Å². The van der Waals surface area contributed by atoms with E-state index >= 15 is 0 Å². The molecule has 0 aliphatic rings. The Bertz CT molecular complexity index is 494. The first-order valence-electron chi connectivity index (χ1n) is 4.95. The Morgan fingerprint density at radius 2 is 2.05 bits per heavy atom. The maximum Gasteiger partial charge on any atom is 0.335 e. The molecule has 0 saturated heterocycles. The Morgan fingerprint density at radius 3 is 2.53 bits per heavy atom. The van der Waals surface area contributed by atoms with Gasteiger partial charge in [-0.1, -0.05) is 0 Å². The fourth-order valence-electron chi connectivity index (χ4n) is 1.40. The van der Waals surface area contributed by atoms with Gasteiger partial charge in [0.2, 0.25) is 0 Å². The van der Waals surface area contributed by atoms with Gasteiger partial charge in [0.05, 0.1) is 23.6 Å². The Balaban J connectivity index is 0.00000324. The van der Waals surface area contributed by atoms with Crippen molar-refractivity contribution in [3.63, 3.8) is 0 Å². The third kappa shape index (κ3) is 4.38. The third-order valence-electron chi connectivity index (χ3n) is 2.35. The highest BCUT2D eigenvalue weighted by Crippen LogP contribution is 2.33. The molecule has 6 nitrogen and oxygen atoms in total. The number of halogens is 2. The number of benzene rings is 1. The van der Waals surface area contributed by atoms with Gasteiger partial charge in [0.25, 0.3) is 0 Å². The topological polar surface area (TPSA) is 110 Å². The number of phenolic OH excluding ortho intramolecular Hbond substituents is 1. The summed E-state index contributed by atoms with van der Waals surface area (Å²) in [6.07, 6.45) is -0.153. The molecule has 0 aromatic heterocycles. The van der Waals surface area contributed by atoms with E-state index in [1.807, 2.05) is 0 Å². The number of phenols is 1. The molecule has 8 heteroatoms. The molecule has 0 unspecified atom stereocenters. The van der Waals surface area contributed by atoms with E-state index in [0.29, 0.717) is 0 Å². The van der Waals surface area contributed by atoms with Crippen LogP contribution < -0.4 is 5.73 Å². The summed E-state index contributed by atoms with van der Waals surface area (Å²) >= 11 is 3.03. The molecule has 0 fully saturated rings. The summed E-state index contributed by atoms with van der Waals surface area (Å²) < 4.78 is 4.67. The third-order valence-corrected chi connectivity index (χ3v) is 2.96. The molecule has 1 aromatic rings. The molecular weight excluding hydrogens is 341 g/mol. The predicted molar refractivity (Wildman–Crippen MR) is 73.6 cm³/mol. The van der Waals surface area contributed by atoms with Crippen LogP contribution in [0.1, 0.15) is 28.4 Å². The van der Waals surface area contributed by atoms with Crippen molar-refractivity contribution in [2.75, 3.05) is 7.11 Å². The van der Waals surface area contributed by atoms with E-state index in [9.17, 15) is 14.7 Å². The maximum atomic E-state index is 11.1. The second kappa shape index (κ2) is 7.32. The summed E-state index contributed by atoms with van der Waals surface area (Å²) in [5.74, 6) is -1.88. The highest BCUT2D eigenvalue weighted by atomic mass is 79.9. The van der Waals surface area contributed by atoms with Crippen LogP contribution in [0.15, 0.2) is 16.6 Å². The molecule has 0 bridgehead atoms. The van der Waals surface area contributed by atoms with Crippen molar-refractivity contribution in [3.8, 4) is 5.75 Å². The number of rotatable bonds is 4. The van der Waals surface area contributed by atoms with Crippen LogP contribution >= 0.6 is 28.3 Å². The number of aromatic carboxylic acids is 1. The maximum absolute atomic E-state index is 11.1. The zero-order valence-electron chi connectivity index (χ0n) is 9.92. The number of hydrogen-bond donors (Lipinski definition) is 3. The first-order chi connectivity index (χ1) is 8.36. The van der Waals surface area contributed by atoms with Gasteiger partial charge in [-0.25, -0.2) is 4.79 Å². The summed E-state index contributed by atoms with van der Waals surface area (Å²) in [7, 11) is 1.22. The number of carboxylic acids is 1. The van der Waals surface area contributed by atoms with E-state index in [1.165, 1.54) is 19.2 Å². The summed E-state index contributed by atoms with van der Waals surface area (Å²) in [5, 5.41) is 18.7. The van der Waals surface area contributed by atoms with E-state index < -0.39 is 18.0 Å². The van der Waals surface area contributed by atoms with Crippen LogP contribution in [0.5, 0.6) is 5.75 Å². The minimum atomic E-state index is -1.15. The molecule has 19 heavy (non-hydrogen) atoms. The molecule has 1 atom stereocenters. The van der Waals surface area contributed by atoms with Crippen LogP contribution in [-0.4, -0.2) is 29.3 Å². The lowest BCUT2D eigenvalue weighted by Gasteiger charge is -2.14.